The summed E-state index contributed by atoms with van der Waals surface area (Å²) < 4.78 is 0. The maximum atomic E-state index is 7.78. The molecule has 0 amide bonds. The topological polar surface area (TPSA) is 66.0 Å². The fourth-order valence-electron chi connectivity index (χ4n) is 2.24. The van der Waals surface area contributed by atoms with Crippen molar-refractivity contribution in [3.63, 3.8) is 0 Å². The zero-order valence-electron chi connectivity index (χ0n) is 12.5. The van der Waals surface area contributed by atoms with Gasteiger partial charge < -0.3 is 10.6 Å². The van der Waals surface area contributed by atoms with Gasteiger partial charge in [-0.15, -0.1) is 0 Å². The number of nitrogen functional groups attached to an aromatic ring is 1. The molecule has 0 saturated carbocycles. The number of hydrogen-bond donors (Lipinski definition) is 2. The lowest BCUT2D eigenvalue weighted by atomic mass is 10.1. The van der Waals surface area contributed by atoms with E-state index in [-0.39, 0.29) is 5.84 Å². The molecule has 4 heteroatoms. The molecule has 1 aromatic heterocycles. The van der Waals surface area contributed by atoms with Gasteiger partial charge in [0.25, 0.3) is 0 Å². The highest BCUT2D eigenvalue weighted by Crippen LogP contribution is 2.23. The van der Waals surface area contributed by atoms with Crippen molar-refractivity contribution in [2.24, 2.45) is 5.73 Å². The molecule has 0 radical (unpaired) electrons. The summed E-state index contributed by atoms with van der Waals surface area (Å²) in [6.45, 7) is 9.44. The van der Waals surface area contributed by atoms with Crippen molar-refractivity contribution in [2.45, 2.75) is 53.0 Å². The Morgan fingerprint density at radius 2 is 2.11 bits per heavy atom. The van der Waals surface area contributed by atoms with Crippen molar-refractivity contribution in [1.29, 1.82) is 5.41 Å². The predicted octanol–water partition coefficient (Wildman–Crippen LogP) is 3.08. The van der Waals surface area contributed by atoms with E-state index in [1.807, 2.05) is 13.0 Å². The van der Waals surface area contributed by atoms with E-state index in [1.54, 1.807) is 6.20 Å². The lowest BCUT2D eigenvalue weighted by Crippen LogP contribution is -2.35. The van der Waals surface area contributed by atoms with E-state index in [9.17, 15) is 0 Å². The van der Waals surface area contributed by atoms with Crippen LogP contribution in [-0.2, 0) is 0 Å². The molecule has 0 bridgehead atoms. The second-order valence-corrected chi connectivity index (χ2v) is 5.23. The van der Waals surface area contributed by atoms with Crippen molar-refractivity contribution in [3.8, 4) is 0 Å². The Bertz CT molecular complexity index is 426. The van der Waals surface area contributed by atoms with Crippen molar-refractivity contribution in [3.05, 3.63) is 23.4 Å². The molecule has 1 rings (SSSR count). The Hall–Kier alpha value is -1.58. The van der Waals surface area contributed by atoms with E-state index in [4.69, 9.17) is 11.1 Å². The zero-order chi connectivity index (χ0) is 14.4. The normalized spacial score (nSPS) is 10.8. The van der Waals surface area contributed by atoms with Crippen LogP contribution in [0.4, 0.5) is 5.82 Å². The van der Waals surface area contributed by atoms with E-state index in [0.717, 1.165) is 29.9 Å². The Balaban J connectivity index is 3.08. The number of rotatable bonds is 7. The number of aromatic nitrogens is 1. The molecule has 0 aliphatic carbocycles. The molecule has 0 aromatic carbocycles. The predicted molar refractivity (Wildman–Crippen MR) is 82.0 cm³/mol. The molecule has 0 atom stereocenters. The van der Waals surface area contributed by atoms with Crippen LogP contribution in [0.25, 0.3) is 0 Å². The van der Waals surface area contributed by atoms with Crippen LogP contribution >= 0.6 is 0 Å². The number of nitrogens with two attached hydrogens (primary N) is 1. The summed E-state index contributed by atoms with van der Waals surface area (Å²) in [6.07, 6.45) is 5.35. The number of amidine groups is 1. The maximum Gasteiger partial charge on any atom is 0.140 e. The van der Waals surface area contributed by atoms with Crippen LogP contribution in [0, 0.1) is 12.3 Å². The molecule has 4 nitrogen and oxygen atoms in total. The van der Waals surface area contributed by atoms with Gasteiger partial charge in [0.2, 0.25) is 0 Å². The summed E-state index contributed by atoms with van der Waals surface area (Å²) in [5.74, 6) is 0.945. The van der Waals surface area contributed by atoms with Crippen molar-refractivity contribution < 1.29 is 0 Å². The minimum absolute atomic E-state index is 0.0988. The average Bonchev–Trinajstić information content (AvgIpc) is 2.33. The van der Waals surface area contributed by atoms with Gasteiger partial charge >= 0.3 is 0 Å². The van der Waals surface area contributed by atoms with E-state index >= 15 is 0 Å². The number of nitrogens with one attached hydrogen (secondary N) is 1. The first-order valence-electron chi connectivity index (χ1n) is 7.05. The number of hydrogen-bond acceptors (Lipinski definition) is 3. The van der Waals surface area contributed by atoms with Gasteiger partial charge in [-0.25, -0.2) is 4.98 Å². The molecule has 0 saturated heterocycles. The molecular formula is C15H26N4. The van der Waals surface area contributed by atoms with Gasteiger partial charge in [-0.05, 0) is 38.8 Å². The molecule has 106 valence electrons. The number of pyridine rings is 1. The third-order valence-electron chi connectivity index (χ3n) is 3.31. The van der Waals surface area contributed by atoms with E-state index in [0.29, 0.717) is 6.04 Å². The van der Waals surface area contributed by atoms with Crippen LogP contribution in [0.3, 0.4) is 0 Å². The summed E-state index contributed by atoms with van der Waals surface area (Å²) >= 11 is 0. The smallest absolute Gasteiger partial charge is 0.140 e. The Morgan fingerprint density at radius 1 is 1.42 bits per heavy atom. The molecule has 19 heavy (non-hydrogen) atoms. The summed E-state index contributed by atoms with van der Waals surface area (Å²) in [5, 5.41) is 7.78. The first-order valence-corrected chi connectivity index (χ1v) is 7.05. The van der Waals surface area contributed by atoms with Gasteiger partial charge in [0, 0.05) is 18.8 Å². The van der Waals surface area contributed by atoms with Gasteiger partial charge in [0.15, 0.2) is 0 Å². The molecule has 0 fully saturated rings. The van der Waals surface area contributed by atoms with Crippen LogP contribution in [-0.4, -0.2) is 23.4 Å². The molecule has 0 aliphatic heterocycles. The second-order valence-electron chi connectivity index (χ2n) is 5.23. The molecule has 1 heterocycles. The van der Waals surface area contributed by atoms with E-state index < -0.39 is 0 Å². The monoisotopic (exact) mass is 262 g/mol. The van der Waals surface area contributed by atoms with Gasteiger partial charge in [-0.2, -0.15) is 0 Å². The second kappa shape index (κ2) is 7.12. The lowest BCUT2D eigenvalue weighted by Gasteiger charge is -2.30. The third-order valence-corrected chi connectivity index (χ3v) is 3.31. The average molecular weight is 262 g/mol. The molecule has 1 aromatic rings. The molecule has 3 N–H and O–H groups in total. The number of nitrogens with zero attached hydrogens (tertiary/aromatic N) is 2. The molecule has 0 spiro atoms. The van der Waals surface area contributed by atoms with Gasteiger partial charge in [-0.1, -0.05) is 19.8 Å². The van der Waals surface area contributed by atoms with Gasteiger partial charge in [0.05, 0.1) is 5.56 Å². The van der Waals surface area contributed by atoms with E-state index in [1.165, 1.54) is 12.8 Å². The highest BCUT2D eigenvalue weighted by Gasteiger charge is 2.18. The Morgan fingerprint density at radius 3 is 2.63 bits per heavy atom. The van der Waals surface area contributed by atoms with Crippen molar-refractivity contribution >= 4 is 11.7 Å². The standard InChI is InChI=1S/C15H26N4/c1-5-6-7-10-19(11(2)3)15-13(14(16)17)12(4)8-9-18-15/h8-9,11H,5-7,10H2,1-4H3,(H3,16,17). The van der Waals surface area contributed by atoms with Gasteiger partial charge in [-0.3, -0.25) is 5.41 Å². The number of anilines is 1. The van der Waals surface area contributed by atoms with Crippen LogP contribution in [0.5, 0.6) is 0 Å². The summed E-state index contributed by atoms with van der Waals surface area (Å²) in [5.41, 5.74) is 7.51. The van der Waals surface area contributed by atoms with Crippen molar-refractivity contribution in [2.75, 3.05) is 11.4 Å². The van der Waals surface area contributed by atoms with E-state index in [2.05, 4.69) is 30.7 Å². The number of unbranched alkanes of at least 4 members (excludes halogenated alkanes) is 2. The first kappa shape index (κ1) is 15.5. The van der Waals surface area contributed by atoms with Crippen LogP contribution < -0.4 is 10.6 Å². The van der Waals surface area contributed by atoms with Crippen LogP contribution in [0.2, 0.25) is 0 Å². The summed E-state index contributed by atoms with van der Waals surface area (Å²) in [6, 6.07) is 2.26. The third kappa shape index (κ3) is 3.94. The van der Waals surface area contributed by atoms with Crippen LogP contribution in [0.1, 0.15) is 51.2 Å². The molecular weight excluding hydrogens is 236 g/mol. The Labute approximate surface area is 116 Å². The fraction of sp³-hybridized carbons (Fsp3) is 0.600. The SMILES string of the molecule is CCCCCN(c1nccc(C)c1C(=N)N)C(C)C. The minimum Gasteiger partial charge on any atom is -0.384 e. The highest BCUT2D eigenvalue weighted by atomic mass is 15.2. The quantitative estimate of drug-likeness (QED) is 0.451. The summed E-state index contributed by atoms with van der Waals surface area (Å²) in [4.78, 5) is 6.72. The Kier molecular flexibility index (Phi) is 5.80. The summed E-state index contributed by atoms with van der Waals surface area (Å²) in [7, 11) is 0. The minimum atomic E-state index is 0.0988. The van der Waals surface area contributed by atoms with Crippen molar-refractivity contribution in [1.82, 2.24) is 4.98 Å². The highest BCUT2D eigenvalue weighted by molar-refractivity contribution is 6.01. The maximum absolute atomic E-state index is 7.78. The lowest BCUT2D eigenvalue weighted by molar-refractivity contribution is 0.619. The molecule has 0 aliphatic rings. The number of aryl methyl sites for hydroxylation is 1. The van der Waals surface area contributed by atoms with Gasteiger partial charge in [0.1, 0.15) is 11.7 Å². The first-order chi connectivity index (χ1) is 8.99. The zero-order valence-corrected chi connectivity index (χ0v) is 12.5. The molecule has 0 unspecified atom stereocenters. The van der Waals surface area contributed by atoms with Crippen LogP contribution in [0.15, 0.2) is 12.3 Å². The fourth-order valence-corrected chi connectivity index (χ4v) is 2.24. The largest absolute Gasteiger partial charge is 0.384 e.